The van der Waals surface area contributed by atoms with Crippen molar-refractivity contribution in [3.8, 4) is 0 Å². The molecule has 0 saturated heterocycles. The van der Waals surface area contributed by atoms with Crippen LogP contribution in [0.5, 0.6) is 0 Å². The monoisotopic (exact) mass is 662 g/mol. The van der Waals surface area contributed by atoms with E-state index in [0.717, 1.165) is 38.5 Å². The van der Waals surface area contributed by atoms with E-state index in [4.69, 9.17) is 11.5 Å². The van der Waals surface area contributed by atoms with Gasteiger partial charge in [-0.05, 0) is 51.4 Å². The number of hydrogen-bond donors (Lipinski definition) is 4. The van der Waals surface area contributed by atoms with Gasteiger partial charge in [-0.2, -0.15) is 0 Å². The largest absolute Gasteiger partial charge is 0.370 e. The summed E-state index contributed by atoms with van der Waals surface area (Å²) >= 11 is 0. The van der Waals surface area contributed by atoms with E-state index in [2.05, 4.69) is 41.6 Å². The number of hydrogen-bond acceptors (Lipinski definition) is 3. The maximum atomic E-state index is 12.9. The second kappa shape index (κ2) is 36.8. The van der Waals surface area contributed by atoms with E-state index in [1.165, 1.54) is 135 Å². The number of amides is 2. The summed E-state index contributed by atoms with van der Waals surface area (Å²) in [5.74, 6) is -0.0829. The third kappa shape index (κ3) is 35.1. The number of nitrogens with one attached hydrogen (secondary N) is 2. The summed E-state index contributed by atoms with van der Waals surface area (Å²) in [6.07, 6.45) is 40.7. The number of carbonyl (C=O) groups is 2. The lowest BCUT2D eigenvalue weighted by atomic mass is 10.0. The van der Waals surface area contributed by atoms with Gasteiger partial charge in [0, 0.05) is 19.5 Å². The van der Waals surface area contributed by atoms with Gasteiger partial charge in [0.25, 0.3) is 0 Å². The first-order valence-corrected chi connectivity index (χ1v) is 20.3. The van der Waals surface area contributed by atoms with E-state index in [1.54, 1.807) is 0 Å². The van der Waals surface area contributed by atoms with E-state index in [-0.39, 0.29) is 17.8 Å². The summed E-state index contributed by atoms with van der Waals surface area (Å²) in [5, 5.41) is 6.04. The Morgan fingerprint density at radius 1 is 0.574 bits per heavy atom. The summed E-state index contributed by atoms with van der Waals surface area (Å²) in [5.41, 5.74) is 10.9. The lowest BCUT2D eigenvalue weighted by Crippen LogP contribution is -2.47. The van der Waals surface area contributed by atoms with E-state index in [1.807, 2.05) is 0 Å². The Bertz CT molecular complexity index is 751. The molecule has 0 saturated carbocycles. The van der Waals surface area contributed by atoms with Crippen LogP contribution in [0.25, 0.3) is 0 Å². The van der Waals surface area contributed by atoms with E-state index in [0.29, 0.717) is 32.4 Å². The molecule has 0 aromatic rings. The van der Waals surface area contributed by atoms with E-state index >= 15 is 0 Å². The summed E-state index contributed by atoms with van der Waals surface area (Å²) in [6, 6.07) is -0.536. The minimum absolute atomic E-state index is 0.0406. The standard InChI is InChI=1S/C40H79N5O2/c1-3-5-7-9-11-13-15-17-19-20-22-24-26-28-30-34-38(46)45-37(33-32-36-44-40(41)42)39(47)43-35-31-29-27-25-23-21-18-16-14-12-10-8-6-4-2/h17,19,37H,3-16,18,20-36H2,1-2H3,(H,43,47)(H,45,46)(H4,41,42,44)/b19-17+. The first-order chi connectivity index (χ1) is 23.0. The molecule has 0 radical (unpaired) electrons. The second-order valence-corrected chi connectivity index (χ2v) is 13.8. The topological polar surface area (TPSA) is 123 Å². The maximum absolute atomic E-state index is 12.9. The predicted octanol–water partition coefficient (Wildman–Crippen LogP) is 10.2. The Labute approximate surface area is 291 Å². The van der Waals surface area contributed by atoms with Crippen LogP contribution in [0.2, 0.25) is 0 Å². The number of carbonyl (C=O) groups excluding carboxylic acids is 2. The van der Waals surface area contributed by atoms with Gasteiger partial charge in [-0.25, -0.2) is 0 Å². The van der Waals surface area contributed by atoms with Crippen molar-refractivity contribution >= 4 is 17.8 Å². The minimum atomic E-state index is -0.536. The summed E-state index contributed by atoms with van der Waals surface area (Å²) < 4.78 is 0. The van der Waals surface area contributed by atoms with Gasteiger partial charge in [-0.1, -0.05) is 161 Å². The zero-order chi connectivity index (χ0) is 34.5. The molecule has 1 atom stereocenters. The van der Waals surface area contributed by atoms with Gasteiger partial charge in [0.05, 0.1) is 0 Å². The zero-order valence-electron chi connectivity index (χ0n) is 31.3. The first kappa shape index (κ1) is 45.0. The smallest absolute Gasteiger partial charge is 0.242 e. The molecule has 0 aliphatic heterocycles. The molecule has 0 aromatic carbocycles. The van der Waals surface area contributed by atoms with Gasteiger partial charge in [0.2, 0.25) is 11.8 Å². The molecule has 0 rings (SSSR count). The van der Waals surface area contributed by atoms with Crippen LogP contribution in [0.4, 0.5) is 0 Å². The van der Waals surface area contributed by atoms with Crippen molar-refractivity contribution in [2.75, 3.05) is 13.1 Å². The molecule has 0 spiro atoms. The van der Waals surface area contributed by atoms with Crippen LogP contribution in [-0.4, -0.2) is 36.9 Å². The van der Waals surface area contributed by atoms with Crippen molar-refractivity contribution in [1.29, 1.82) is 0 Å². The normalized spacial score (nSPS) is 12.0. The highest BCUT2D eigenvalue weighted by Crippen LogP contribution is 2.13. The highest BCUT2D eigenvalue weighted by molar-refractivity contribution is 5.87. The highest BCUT2D eigenvalue weighted by atomic mass is 16.2. The van der Waals surface area contributed by atoms with Gasteiger partial charge in [-0.3, -0.25) is 14.6 Å². The predicted molar refractivity (Wildman–Crippen MR) is 205 cm³/mol. The molecular formula is C40H79N5O2. The molecule has 276 valence electrons. The number of guanidine groups is 1. The third-order valence-electron chi connectivity index (χ3n) is 9.09. The fourth-order valence-corrected chi connectivity index (χ4v) is 6.05. The molecule has 0 heterocycles. The van der Waals surface area contributed by atoms with Crippen molar-refractivity contribution in [2.45, 2.75) is 213 Å². The summed E-state index contributed by atoms with van der Waals surface area (Å²) in [6.45, 7) is 5.65. The fraction of sp³-hybridized carbons (Fsp3) is 0.875. The zero-order valence-corrected chi connectivity index (χ0v) is 31.3. The third-order valence-corrected chi connectivity index (χ3v) is 9.09. The Kier molecular flexibility index (Phi) is 35.2. The lowest BCUT2D eigenvalue weighted by molar-refractivity contribution is -0.129. The van der Waals surface area contributed by atoms with Crippen LogP contribution in [-0.2, 0) is 9.59 Å². The lowest BCUT2D eigenvalue weighted by Gasteiger charge is -2.18. The molecule has 0 aliphatic carbocycles. The highest BCUT2D eigenvalue weighted by Gasteiger charge is 2.19. The molecule has 7 nitrogen and oxygen atoms in total. The van der Waals surface area contributed by atoms with Crippen molar-refractivity contribution < 1.29 is 9.59 Å². The molecule has 47 heavy (non-hydrogen) atoms. The molecule has 0 fully saturated rings. The second-order valence-electron chi connectivity index (χ2n) is 13.8. The molecule has 2 amide bonds. The van der Waals surface area contributed by atoms with Crippen molar-refractivity contribution in [3.05, 3.63) is 12.2 Å². The van der Waals surface area contributed by atoms with Gasteiger partial charge >= 0.3 is 0 Å². The Hall–Kier alpha value is -2.05. The number of rotatable bonds is 36. The number of aliphatic imine (C=N–C) groups is 1. The minimum Gasteiger partial charge on any atom is -0.370 e. The number of nitrogens with zero attached hydrogens (tertiary/aromatic N) is 1. The molecular weight excluding hydrogens is 582 g/mol. The van der Waals surface area contributed by atoms with Gasteiger partial charge in [0.15, 0.2) is 5.96 Å². The van der Waals surface area contributed by atoms with Gasteiger partial charge < -0.3 is 22.1 Å². The van der Waals surface area contributed by atoms with Crippen LogP contribution in [0.1, 0.15) is 206 Å². The quantitative estimate of drug-likeness (QED) is 0.0231. The van der Waals surface area contributed by atoms with E-state index in [9.17, 15) is 9.59 Å². The molecule has 6 N–H and O–H groups in total. The summed E-state index contributed by atoms with van der Waals surface area (Å²) in [4.78, 5) is 29.6. The molecule has 0 aromatic heterocycles. The van der Waals surface area contributed by atoms with Crippen molar-refractivity contribution in [3.63, 3.8) is 0 Å². The number of nitrogens with two attached hydrogens (primary N) is 2. The number of unbranched alkanes of at least 4 members (excludes halogenated alkanes) is 24. The van der Waals surface area contributed by atoms with Gasteiger partial charge in [0.1, 0.15) is 6.04 Å². The SMILES string of the molecule is CCCCCCCC/C=C/CCCCCCCC(=O)NC(CCCN=C(N)N)C(=O)NCCCCCCCCCCCCCCCC. The van der Waals surface area contributed by atoms with Crippen molar-refractivity contribution in [1.82, 2.24) is 10.6 Å². The molecule has 0 bridgehead atoms. The summed E-state index contributed by atoms with van der Waals surface area (Å²) in [7, 11) is 0. The molecule has 1 unspecified atom stereocenters. The molecule has 7 heteroatoms. The van der Waals surface area contributed by atoms with Crippen LogP contribution < -0.4 is 22.1 Å². The molecule has 0 aliphatic rings. The maximum Gasteiger partial charge on any atom is 0.242 e. The fourth-order valence-electron chi connectivity index (χ4n) is 6.05. The van der Waals surface area contributed by atoms with Crippen LogP contribution in [0.15, 0.2) is 17.1 Å². The van der Waals surface area contributed by atoms with Crippen LogP contribution in [0.3, 0.4) is 0 Å². The number of allylic oxidation sites excluding steroid dienone is 2. The van der Waals surface area contributed by atoms with Crippen LogP contribution >= 0.6 is 0 Å². The van der Waals surface area contributed by atoms with Crippen molar-refractivity contribution in [2.24, 2.45) is 16.5 Å². The van der Waals surface area contributed by atoms with Gasteiger partial charge in [-0.15, -0.1) is 0 Å². The first-order valence-electron chi connectivity index (χ1n) is 20.3. The van der Waals surface area contributed by atoms with E-state index < -0.39 is 6.04 Å². The average molecular weight is 662 g/mol. The van der Waals surface area contributed by atoms with Crippen LogP contribution in [0, 0.1) is 0 Å². The average Bonchev–Trinajstić information content (AvgIpc) is 3.05. The Morgan fingerprint density at radius 3 is 1.47 bits per heavy atom. The Morgan fingerprint density at radius 2 is 1.00 bits per heavy atom. The Balaban J connectivity index is 4.01.